The van der Waals surface area contributed by atoms with Crippen molar-refractivity contribution in [3.8, 4) is 5.88 Å². The number of anilines is 1. The van der Waals surface area contributed by atoms with E-state index in [-0.39, 0.29) is 18.4 Å². The maximum absolute atomic E-state index is 12.6. The third-order valence-electron chi connectivity index (χ3n) is 1.88. The molecule has 0 saturated carbocycles. The number of nitrogens with one attached hydrogen (secondary N) is 1. The van der Waals surface area contributed by atoms with Gasteiger partial charge < -0.3 is 10.1 Å². The smallest absolute Gasteiger partial charge is 0.433 e. The van der Waals surface area contributed by atoms with Crippen LogP contribution in [0.5, 0.6) is 5.88 Å². The van der Waals surface area contributed by atoms with Gasteiger partial charge in [-0.3, -0.25) is 0 Å². The van der Waals surface area contributed by atoms with Gasteiger partial charge in [0.15, 0.2) is 5.69 Å². The van der Waals surface area contributed by atoms with Gasteiger partial charge in [0, 0.05) is 12.6 Å². The highest BCUT2D eigenvalue weighted by Crippen LogP contribution is 2.30. The van der Waals surface area contributed by atoms with Crippen molar-refractivity contribution in [1.82, 2.24) is 9.97 Å². The predicted molar refractivity (Wildman–Crippen MR) is 61.5 cm³/mol. The largest absolute Gasteiger partial charge is 0.473 e. The van der Waals surface area contributed by atoms with E-state index in [1.165, 1.54) is 6.08 Å². The van der Waals surface area contributed by atoms with Crippen molar-refractivity contribution >= 4 is 5.95 Å². The third-order valence-corrected chi connectivity index (χ3v) is 1.88. The first-order valence-corrected chi connectivity index (χ1v) is 5.41. The van der Waals surface area contributed by atoms with Crippen LogP contribution in [-0.2, 0) is 6.18 Å². The Morgan fingerprint density at radius 2 is 2.17 bits per heavy atom. The van der Waals surface area contributed by atoms with Crippen molar-refractivity contribution in [3.05, 3.63) is 24.4 Å². The van der Waals surface area contributed by atoms with Gasteiger partial charge in [0.2, 0.25) is 11.8 Å². The summed E-state index contributed by atoms with van der Waals surface area (Å²) in [4.78, 5) is 7.23. The van der Waals surface area contributed by atoms with E-state index >= 15 is 0 Å². The van der Waals surface area contributed by atoms with Crippen molar-refractivity contribution in [1.29, 1.82) is 0 Å². The molecular weight excluding hydrogens is 247 g/mol. The summed E-state index contributed by atoms with van der Waals surface area (Å²) in [6.45, 7) is 5.87. The second-order valence-corrected chi connectivity index (χ2v) is 3.44. The van der Waals surface area contributed by atoms with Gasteiger partial charge >= 0.3 is 6.18 Å². The van der Waals surface area contributed by atoms with Crippen LogP contribution in [0, 0.1) is 0 Å². The Labute approximate surface area is 103 Å². The van der Waals surface area contributed by atoms with Gasteiger partial charge in [-0.2, -0.15) is 18.2 Å². The van der Waals surface area contributed by atoms with Crippen LogP contribution in [0.25, 0.3) is 0 Å². The fourth-order valence-corrected chi connectivity index (χ4v) is 1.10. The molecule has 1 aromatic heterocycles. The molecule has 1 N–H and O–H groups in total. The molecule has 1 rings (SSSR count). The number of hydrogen-bond acceptors (Lipinski definition) is 4. The minimum absolute atomic E-state index is 0.0848. The van der Waals surface area contributed by atoms with Crippen LogP contribution in [-0.4, -0.2) is 23.1 Å². The number of halogens is 3. The summed E-state index contributed by atoms with van der Waals surface area (Å²) in [5, 5.41) is 2.70. The van der Waals surface area contributed by atoms with Crippen LogP contribution >= 0.6 is 0 Å². The molecular formula is C11H14F3N3O. The molecule has 0 spiro atoms. The number of hydrogen-bond donors (Lipinski definition) is 1. The van der Waals surface area contributed by atoms with Crippen molar-refractivity contribution in [2.45, 2.75) is 19.5 Å². The molecule has 4 nitrogen and oxygen atoms in total. The lowest BCUT2D eigenvalue weighted by Gasteiger charge is -2.11. The summed E-state index contributed by atoms with van der Waals surface area (Å²) in [5.74, 6) is -0.221. The summed E-state index contributed by atoms with van der Waals surface area (Å²) >= 11 is 0. The highest BCUT2D eigenvalue weighted by atomic mass is 19.4. The highest BCUT2D eigenvalue weighted by Gasteiger charge is 2.34. The molecule has 7 heteroatoms. The average molecular weight is 261 g/mol. The second-order valence-electron chi connectivity index (χ2n) is 3.44. The zero-order valence-electron chi connectivity index (χ0n) is 9.92. The molecule has 0 radical (unpaired) electrons. The molecule has 0 saturated heterocycles. The first-order valence-electron chi connectivity index (χ1n) is 5.41. The SMILES string of the molecule is C=CCOc1cc(C(F)(F)F)nc(NCCC)n1. The summed E-state index contributed by atoms with van der Waals surface area (Å²) < 4.78 is 42.8. The maximum atomic E-state index is 12.6. The normalized spacial score (nSPS) is 11.1. The zero-order chi connectivity index (χ0) is 13.6. The predicted octanol–water partition coefficient (Wildman–Crippen LogP) is 2.88. The van der Waals surface area contributed by atoms with Crippen LogP contribution in [0.4, 0.5) is 19.1 Å². The Morgan fingerprint density at radius 3 is 2.72 bits per heavy atom. The van der Waals surface area contributed by atoms with E-state index in [0.717, 1.165) is 12.5 Å². The lowest BCUT2D eigenvalue weighted by atomic mass is 10.4. The molecule has 1 heterocycles. The van der Waals surface area contributed by atoms with Crippen molar-refractivity contribution in [2.75, 3.05) is 18.5 Å². The van der Waals surface area contributed by atoms with Gasteiger partial charge in [0.25, 0.3) is 0 Å². The third kappa shape index (κ3) is 4.23. The summed E-state index contributed by atoms with van der Waals surface area (Å²) in [7, 11) is 0. The lowest BCUT2D eigenvalue weighted by Crippen LogP contribution is -2.13. The first-order chi connectivity index (χ1) is 8.47. The fraction of sp³-hybridized carbons (Fsp3) is 0.455. The van der Waals surface area contributed by atoms with Crippen LogP contribution in [0.15, 0.2) is 18.7 Å². The van der Waals surface area contributed by atoms with Crippen molar-refractivity contribution < 1.29 is 17.9 Å². The van der Waals surface area contributed by atoms with Gasteiger partial charge in [-0.05, 0) is 6.42 Å². The zero-order valence-corrected chi connectivity index (χ0v) is 9.92. The first kappa shape index (κ1) is 14.3. The maximum Gasteiger partial charge on any atom is 0.433 e. The van der Waals surface area contributed by atoms with E-state index in [1.54, 1.807) is 0 Å². The molecule has 100 valence electrons. The van der Waals surface area contributed by atoms with Gasteiger partial charge in [-0.15, -0.1) is 0 Å². The minimum Gasteiger partial charge on any atom is -0.473 e. The van der Waals surface area contributed by atoms with Crippen molar-refractivity contribution in [2.24, 2.45) is 0 Å². The molecule has 0 aliphatic rings. The Kier molecular flexibility index (Phi) is 4.94. The highest BCUT2D eigenvalue weighted by molar-refractivity contribution is 5.32. The molecule has 0 amide bonds. The number of rotatable bonds is 6. The van der Waals surface area contributed by atoms with Gasteiger partial charge in [0.1, 0.15) is 6.61 Å². The monoisotopic (exact) mass is 261 g/mol. The summed E-state index contributed by atoms with van der Waals surface area (Å²) in [5.41, 5.74) is -1.03. The quantitative estimate of drug-likeness (QED) is 0.800. The number of nitrogens with zero attached hydrogens (tertiary/aromatic N) is 2. The molecule has 0 aliphatic carbocycles. The Morgan fingerprint density at radius 1 is 1.44 bits per heavy atom. The van der Waals surface area contributed by atoms with E-state index in [9.17, 15) is 13.2 Å². The van der Waals surface area contributed by atoms with Gasteiger partial charge in [-0.1, -0.05) is 19.6 Å². The lowest BCUT2D eigenvalue weighted by molar-refractivity contribution is -0.141. The molecule has 1 aromatic rings. The number of aromatic nitrogens is 2. The molecule has 0 fully saturated rings. The van der Waals surface area contributed by atoms with E-state index in [2.05, 4.69) is 21.9 Å². The van der Waals surface area contributed by atoms with Crippen LogP contribution in [0.2, 0.25) is 0 Å². The van der Waals surface area contributed by atoms with E-state index in [1.807, 2.05) is 6.92 Å². The minimum atomic E-state index is -4.53. The molecule has 0 aliphatic heterocycles. The molecule has 0 bridgehead atoms. The van der Waals surface area contributed by atoms with Crippen molar-refractivity contribution in [3.63, 3.8) is 0 Å². The van der Waals surface area contributed by atoms with Gasteiger partial charge in [-0.25, -0.2) is 4.98 Å². The average Bonchev–Trinajstić information content (AvgIpc) is 2.32. The topological polar surface area (TPSA) is 47.0 Å². The standard InChI is InChI=1S/C11H14F3N3O/c1-3-5-15-10-16-8(11(12,13)14)7-9(17-10)18-6-4-2/h4,7H,2-3,5-6H2,1H3,(H,15,16,17). The number of alkyl halides is 3. The van der Waals surface area contributed by atoms with E-state index < -0.39 is 11.9 Å². The Hall–Kier alpha value is -1.79. The number of ether oxygens (including phenoxy) is 1. The van der Waals surface area contributed by atoms with Gasteiger partial charge in [0.05, 0.1) is 0 Å². The summed E-state index contributed by atoms with van der Waals surface area (Å²) in [6, 6.07) is 0.765. The van der Waals surface area contributed by atoms with Crippen LogP contribution < -0.4 is 10.1 Å². The fourth-order valence-electron chi connectivity index (χ4n) is 1.10. The Bertz CT molecular complexity index is 407. The summed E-state index contributed by atoms with van der Waals surface area (Å²) in [6.07, 6.45) is -2.35. The van der Waals surface area contributed by atoms with Crippen LogP contribution in [0.1, 0.15) is 19.0 Å². The van der Waals surface area contributed by atoms with E-state index in [0.29, 0.717) is 6.54 Å². The Balaban J connectivity index is 2.99. The second kappa shape index (κ2) is 6.23. The molecule has 0 aromatic carbocycles. The van der Waals surface area contributed by atoms with Crippen LogP contribution in [0.3, 0.4) is 0 Å². The van der Waals surface area contributed by atoms with E-state index in [4.69, 9.17) is 4.74 Å². The molecule has 0 unspecified atom stereocenters. The molecule has 0 atom stereocenters. The molecule has 18 heavy (non-hydrogen) atoms.